The number of nitrogens with two attached hydrogens (primary N) is 1. The zero-order valence-electron chi connectivity index (χ0n) is 11.3. The SMILES string of the molecule is CCC(NS(=O)(=O)c1cccc(N)c1C)c1nccs1. The third-order valence-corrected chi connectivity index (χ3v) is 5.58. The molecule has 1 unspecified atom stereocenters. The first-order chi connectivity index (χ1) is 9.45. The zero-order valence-corrected chi connectivity index (χ0v) is 13.0. The lowest BCUT2D eigenvalue weighted by Gasteiger charge is -2.16. The highest BCUT2D eigenvalue weighted by atomic mass is 32.2. The average Bonchev–Trinajstić information content (AvgIpc) is 2.93. The molecule has 0 amide bonds. The topological polar surface area (TPSA) is 85.1 Å². The first-order valence-electron chi connectivity index (χ1n) is 6.22. The van der Waals surface area contributed by atoms with E-state index >= 15 is 0 Å². The van der Waals surface area contributed by atoms with Crippen LogP contribution < -0.4 is 10.5 Å². The van der Waals surface area contributed by atoms with Crippen LogP contribution in [0.5, 0.6) is 0 Å². The first-order valence-corrected chi connectivity index (χ1v) is 8.58. The van der Waals surface area contributed by atoms with Crippen molar-refractivity contribution in [3.05, 3.63) is 40.3 Å². The van der Waals surface area contributed by atoms with E-state index in [2.05, 4.69) is 9.71 Å². The van der Waals surface area contributed by atoms with E-state index in [1.54, 1.807) is 31.3 Å². The van der Waals surface area contributed by atoms with Crippen molar-refractivity contribution in [1.29, 1.82) is 0 Å². The molecule has 0 saturated heterocycles. The van der Waals surface area contributed by atoms with Gasteiger partial charge >= 0.3 is 0 Å². The zero-order chi connectivity index (χ0) is 14.8. The number of aromatic nitrogens is 1. The van der Waals surface area contributed by atoms with Crippen LogP contribution >= 0.6 is 11.3 Å². The van der Waals surface area contributed by atoms with E-state index in [1.807, 2.05) is 12.3 Å². The van der Waals surface area contributed by atoms with Crippen molar-refractivity contribution in [2.75, 3.05) is 5.73 Å². The van der Waals surface area contributed by atoms with Crippen molar-refractivity contribution in [2.24, 2.45) is 0 Å². The van der Waals surface area contributed by atoms with Crippen LogP contribution in [-0.4, -0.2) is 13.4 Å². The molecule has 0 aliphatic carbocycles. The summed E-state index contributed by atoms with van der Waals surface area (Å²) in [5.74, 6) is 0. The Morgan fingerprint density at radius 1 is 1.45 bits per heavy atom. The molecule has 1 aromatic heterocycles. The van der Waals surface area contributed by atoms with Gasteiger partial charge in [0.25, 0.3) is 0 Å². The quantitative estimate of drug-likeness (QED) is 0.831. The van der Waals surface area contributed by atoms with E-state index in [1.165, 1.54) is 11.3 Å². The minimum absolute atomic E-state index is 0.215. The molecule has 0 aliphatic rings. The summed E-state index contributed by atoms with van der Waals surface area (Å²) in [4.78, 5) is 4.39. The number of hydrogen-bond acceptors (Lipinski definition) is 5. The van der Waals surface area contributed by atoms with Gasteiger partial charge in [0, 0.05) is 17.3 Å². The van der Waals surface area contributed by atoms with E-state index in [0.717, 1.165) is 5.01 Å². The molecule has 0 radical (unpaired) electrons. The standard InChI is InChI=1S/C13H17N3O2S2/c1-3-11(13-15-7-8-19-13)16-20(17,18)12-6-4-5-10(14)9(12)2/h4-8,11,16H,3,14H2,1-2H3. The average molecular weight is 311 g/mol. The van der Waals surface area contributed by atoms with Crippen LogP contribution in [-0.2, 0) is 10.0 Å². The van der Waals surface area contributed by atoms with Gasteiger partial charge in [-0.05, 0) is 31.0 Å². The molecule has 0 spiro atoms. The van der Waals surface area contributed by atoms with Gasteiger partial charge in [0.15, 0.2) is 0 Å². The van der Waals surface area contributed by atoms with Crippen molar-refractivity contribution in [2.45, 2.75) is 31.2 Å². The molecule has 0 saturated carbocycles. The minimum atomic E-state index is -3.61. The third kappa shape index (κ3) is 3.00. The van der Waals surface area contributed by atoms with E-state index in [9.17, 15) is 8.42 Å². The Bertz CT molecular complexity index is 682. The maximum atomic E-state index is 12.5. The molecule has 1 atom stereocenters. The maximum Gasteiger partial charge on any atom is 0.241 e. The summed E-state index contributed by atoms with van der Waals surface area (Å²) in [6.07, 6.45) is 2.30. The summed E-state index contributed by atoms with van der Waals surface area (Å²) < 4.78 is 27.7. The number of nitrogens with one attached hydrogen (secondary N) is 1. The van der Waals surface area contributed by atoms with E-state index in [0.29, 0.717) is 17.7 Å². The number of thiazole rings is 1. The Balaban J connectivity index is 2.33. The van der Waals surface area contributed by atoms with Crippen LogP contribution in [0.2, 0.25) is 0 Å². The number of rotatable bonds is 5. The molecule has 1 aromatic carbocycles. The van der Waals surface area contributed by atoms with Crippen molar-refractivity contribution in [3.63, 3.8) is 0 Å². The Morgan fingerprint density at radius 2 is 2.20 bits per heavy atom. The van der Waals surface area contributed by atoms with Gasteiger partial charge in [-0.1, -0.05) is 13.0 Å². The lowest BCUT2D eigenvalue weighted by atomic mass is 10.2. The van der Waals surface area contributed by atoms with E-state index < -0.39 is 10.0 Å². The molecule has 0 fully saturated rings. The van der Waals surface area contributed by atoms with Crippen LogP contribution in [0.4, 0.5) is 5.69 Å². The summed E-state index contributed by atoms with van der Waals surface area (Å²) in [6.45, 7) is 3.62. The Kier molecular flexibility index (Phi) is 4.42. The highest BCUT2D eigenvalue weighted by molar-refractivity contribution is 7.89. The van der Waals surface area contributed by atoms with E-state index in [-0.39, 0.29) is 10.9 Å². The van der Waals surface area contributed by atoms with Gasteiger partial charge in [-0.2, -0.15) is 0 Å². The fraction of sp³-hybridized carbons (Fsp3) is 0.308. The summed E-state index contributed by atoms with van der Waals surface area (Å²) >= 11 is 1.44. The Hall–Kier alpha value is -1.44. The fourth-order valence-electron chi connectivity index (χ4n) is 1.89. The number of hydrogen-bond donors (Lipinski definition) is 2. The molecule has 2 aromatic rings. The Morgan fingerprint density at radius 3 is 2.80 bits per heavy atom. The highest BCUT2D eigenvalue weighted by Crippen LogP contribution is 2.25. The maximum absolute atomic E-state index is 12.5. The van der Waals surface area contributed by atoms with Gasteiger partial charge in [0.2, 0.25) is 10.0 Å². The summed E-state index contributed by atoms with van der Waals surface area (Å²) in [5, 5.41) is 2.59. The van der Waals surface area contributed by atoms with E-state index in [4.69, 9.17) is 5.73 Å². The lowest BCUT2D eigenvalue weighted by Crippen LogP contribution is -2.29. The molecular weight excluding hydrogens is 294 g/mol. The summed E-state index contributed by atoms with van der Waals surface area (Å²) in [7, 11) is -3.61. The van der Waals surface area contributed by atoms with Crippen LogP contribution in [0.1, 0.15) is 30.0 Å². The lowest BCUT2D eigenvalue weighted by molar-refractivity contribution is 0.548. The molecule has 20 heavy (non-hydrogen) atoms. The van der Waals surface area contributed by atoms with Gasteiger partial charge < -0.3 is 5.73 Å². The normalized spacial score (nSPS) is 13.3. The first kappa shape index (κ1) is 15.0. The minimum Gasteiger partial charge on any atom is -0.398 e. The van der Waals surface area contributed by atoms with Crippen LogP contribution in [0.25, 0.3) is 0 Å². The predicted octanol–water partition coefficient (Wildman–Crippen LogP) is 2.46. The van der Waals surface area contributed by atoms with Gasteiger partial charge in [-0.15, -0.1) is 11.3 Å². The molecule has 2 rings (SSSR count). The second-order valence-electron chi connectivity index (χ2n) is 4.42. The van der Waals surface area contributed by atoms with Crippen LogP contribution in [0, 0.1) is 6.92 Å². The summed E-state index contributed by atoms with van der Waals surface area (Å²) in [6, 6.07) is 4.57. The number of nitrogen functional groups attached to an aromatic ring is 1. The van der Waals surface area contributed by atoms with Gasteiger partial charge in [0.05, 0.1) is 10.9 Å². The molecule has 1 heterocycles. The van der Waals surface area contributed by atoms with Crippen molar-refractivity contribution >= 4 is 27.0 Å². The van der Waals surface area contributed by atoms with Crippen molar-refractivity contribution < 1.29 is 8.42 Å². The molecule has 0 bridgehead atoms. The van der Waals surface area contributed by atoms with Crippen LogP contribution in [0.15, 0.2) is 34.7 Å². The van der Waals surface area contributed by atoms with Gasteiger partial charge in [0.1, 0.15) is 5.01 Å². The second kappa shape index (κ2) is 5.90. The van der Waals surface area contributed by atoms with Crippen molar-refractivity contribution in [1.82, 2.24) is 9.71 Å². The number of sulfonamides is 1. The van der Waals surface area contributed by atoms with Gasteiger partial charge in [-0.25, -0.2) is 18.1 Å². The monoisotopic (exact) mass is 311 g/mol. The molecule has 108 valence electrons. The Labute approximate surface area is 122 Å². The second-order valence-corrected chi connectivity index (χ2v) is 7.03. The smallest absolute Gasteiger partial charge is 0.241 e. The fourth-order valence-corrected chi connectivity index (χ4v) is 4.29. The molecule has 5 nitrogen and oxygen atoms in total. The molecule has 3 N–H and O–H groups in total. The summed E-state index contributed by atoms with van der Waals surface area (Å²) in [5.41, 5.74) is 6.80. The third-order valence-electron chi connectivity index (χ3n) is 3.07. The molecule has 7 heteroatoms. The molecule has 0 aliphatic heterocycles. The van der Waals surface area contributed by atoms with Crippen molar-refractivity contribution in [3.8, 4) is 0 Å². The number of benzene rings is 1. The van der Waals surface area contributed by atoms with Crippen LogP contribution in [0.3, 0.4) is 0 Å². The predicted molar refractivity (Wildman–Crippen MR) is 81.1 cm³/mol. The highest BCUT2D eigenvalue weighted by Gasteiger charge is 2.23. The number of anilines is 1. The molecular formula is C13H17N3O2S2. The number of nitrogens with zero attached hydrogens (tertiary/aromatic N) is 1. The van der Waals surface area contributed by atoms with Gasteiger partial charge in [-0.3, -0.25) is 0 Å². The largest absolute Gasteiger partial charge is 0.398 e.